The SMILES string of the molecule is CC(NC(=O)c1ccccc1SCc1cscn1)c1ccc(OCc2cccnc2)cc1. The standard InChI is InChI=1S/C25H23N3O2S2/c1-18(20-8-10-22(11-9-20)30-14-19-5-4-12-26-13-19)28-25(29)23-6-2-3-7-24(23)32-16-21-15-31-17-27-21/h2-13,15,17-18H,14,16H2,1H3,(H,28,29). The minimum atomic E-state index is -0.133. The number of hydrogen-bond acceptors (Lipinski definition) is 6. The normalized spacial score (nSPS) is 11.7. The highest BCUT2D eigenvalue weighted by Crippen LogP contribution is 2.27. The number of thiazole rings is 1. The van der Waals surface area contributed by atoms with Gasteiger partial charge in [0.1, 0.15) is 12.4 Å². The van der Waals surface area contributed by atoms with E-state index in [4.69, 9.17) is 4.74 Å². The Morgan fingerprint density at radius 1 is 1.12 bits per heavy atom. The number of thioether (sulfide) groups is 1. The number of aromatic nitrogens is 2. The van der Waals surface area contributed by atoms with Crippen molar-refractivity contribution in [2.45, 2.75) is 30.2 Å². The predicted molar refractivity (Wildman–Crippen MR) is 129 cm³/mol. The van der Waals surface area contributed by atoms with Gasteiger partial charge in [-0.1, -0.05) is 30.3 Å². The van der Waals surface area contributed by atoms with Gasteiger partial charge in [0.15, 0.2) is 0 Å². The van der Waals surface area contributed by atoms with Crippen LogP contribution in [0.5, 0.6) is 5.75 Å². The molecule has 1 atom stereocenters. The molecule has 162 valence electrons. The van der Waals surface area contributed by atoms with E-state index in [0.717, 1.165) is 33.2 Å². The van der Waals surface area contributed by atoms with E-state index in [1.54, 1.807) is 35.5 Å². The van der Waals surface area contributed by atoms with E-state index in [0.29, 0.717) is 12.2 Å². The number of rotatable bonds is 9. The Morgan fingerprint density at radius 2 is 1.97 bits per heavy atom. The lowest BCUT2D eigenvalue weighted by atomic mass is 10.1. The van der Waals surface area contributed by atoms with Crippen LogP contribution in [0.15, 0.2) is 88.8 Å². The maximum absolute atomic E-state index is 13.0. The Balaban J connectivity index is 1.35. The summed E-state index contributed by atoms with van der Waals surface area (Å²) in [7, 11) is 0. The molecule has 4 rings (SSSR count). The fourth-order valence-electron chi connectivity index (χ4n) is 3.10. The van der Waals surface area contributed by atoms with Crippen molar-refractivity contribution in [1.29, 1.82) is 0 Å². The number of amides is 1. The molecule has 0 bridgehead atoms. The van der Waals surface area contributed by atoms with Crippen LogP contribution in [0, 0.1) is 0 Å². The molecule has 4 aromatic rings. The molecule has 2 heterocycles. The number of ether oxygens (including phenoxy) is 1. The molecule has 5 nitrogen and oxygen atoms in total. The minimum absolute atomic E-state index is 0.0872. The zero-order chi connectivity index (χ0) is 22.2. The highest BCUT2D eigenvalue weighted by atomic mass is 32.2. The van der Waals surface area contributed by atoms with Crippen molar-refractivity contribution in [3.8, 4) is 5.75 Å². The summed E-state index contributed by atoms with van der Waals surface area (Å²) in [6.07, 6.45) is 3.53. The lowest BCUT2D eigenvalue weighted by Gasteiger charge is -2.16. The molecule has 0 aliphatic heterocycles. The molecule has 0 saturated carbocycles. The van der Waals surface area contributed by atoms with Crippen LogP contribution in [-0.2, 0) is 12.4 Å². The summed E-state index contributed by atoms with van der Waals surface area (Å²) in [5.74, 6) is 1.43. The van der Waals surface area contributed by atoms with Crippen molar-refractivity contribution < 1.29 is 9.53 Å². The van der Waals surface area contributed by atoms with Crippen molar-refractivity contribution in [2.24, 2.45) is 0 Å². The third kappa shape index (κ3) is 5.96. The molecule has 32 heavy (non-hydrogen) atoms. The largest absolute Gasteiger partial charge is 0.489 e. The smallest absolute Gasteiger partial charge is 0.252 e. The summed E-state index contributed by atoms with van der Waals surface area (Å²) in [5, 5.41) is 5.14. The number of carbonyl (C=O) groups excluding carboxylic acids is 1. The summed E-state index contributed by atoms with van der Waals surface area (Å²) in [6, 6.07) is 19.2. The first-order valence-corrected chi connectivity index (χ1v) is 12.1. The Hall–Kier alpha value is -3.16. The molecule has 2 aromatic carbocycles. The van der Waals surface area contributed by atoms with E-state index in [1.165, 1.54) is 0 Å². The zero-order valence-corrected chi connectivity index (χ0v) is 19.2. The fourth-order valence-corrected chi connectivity index (χ4v) is 4.72. The zero-order valence-electron chi connectivity index (χ0n) is 17.6. The Kier molecular flexibility index (Phi) is 7.53. The highest BCUT2D eigenvalue weighted by molar-refractivity contribution is 7.98. The first kappa shape index (κ1) is 22.0. The first-order valence-electron chi connectivity index (χ1n) is 10.2. The van der Waals surface area contributed by atoms with Gasteiger partial charge in [-0.15, -0.1) is 23.1 Å². The Morgan fingerprint density at radius 3 is 2.72 bits per heavy atom. The van der Waals surface area contributed by atoms with Gasteiger partial charge in [-0.2, -0.15) is 0 Å². The number of pyridine rings is 1. The van der Waals surface area contributed by atoms with Gasteiger partial charge in [0.25, 0.3) is 5.91 Å². The summed E-state index contributed by atoms with van der Waals surface area (Å²) in [5.41, 5.74) is 5.55. The summed E-state index contributed by atoms with van der Waals surface area (Å²) in [4.78, 5) is 22.3. The fraction of sp³-hybridized carbons (Fsp3) is 0.160. The van der Waals surface area contributed by atoms with Gasteiger partial charge < -0.3 is 10.1 Å². The van der Waals surface area contributed by atoms with Crippen molar-refractivity contribution in [2.75, 3.05) is 0 Å². The predicted octanol–water partition coefficient (Wildman–Crippen LogP) is 5.90. The Bertz CT molecular complexity index is 1130. The van der Waals surface area contributed by atoms with Crippen LogP contribution in [0.3, 0.4) is 0 Å². The van der Waals surface area contributed by atoms with E-state index in [-0.39, 0.29) is 11.9 Å². The number of nitrogens with zero attached hydrogens (tertiary/aromatic N) is 2. The van der Waals surface area contributed by atoms with Crippen LogP contribution in [-0.4, -0.2) is 15.9 Å². The maximum atomic E-state index is 13.0. The quantitative estimate of drug-likeness (QED) is 0.314. The summed E-state index contributed by atoms with van der Waals surface area (Å²) >= 11 is 3.20. The molecule has 0 fully saturated rings. The van der Waals surface area contributed by atoms with E-state index in [9.17, 15) is 4.79 Å². The van der Waals surface area contributed by atoms with Crippen LogP contribution >= 0.6 is 23.1 Å². The van der Waals surface area contributed by atoms with Gasteiger partial charge in [0.05, 0.1) is 22.8 Å². The summed E-state index contributed by atoms with van der Waals surface area (Å²) in [6.45, 7) is 2.45. The number of carbonyl (C=O) groups is 1. The van der Waals surface area contributed by atoms with E-state index in [1.807, 2.05) is 78.5 Å². The molecule has 1 N–H and O–H groups in total. The van der Waals surface area contributed by atoms with Gasteiger partial charge in [-0.3, -0.25) is 9.78 Å². The molecular weight excluding hydrogens is 438 g/mol. The van der Waals surface area contributed by atoms with Crippen molar-refractivity contribution >= 4 is 29.0 Å². The van der Waals surface area contributed by atoms with Gasteiger partial charge >= 0.3 is 0 Å². The third-order valence-corrected chi connectivity index (χ3v) is 6.59. The first-order chi connectivity index (χ1) is 15.7. The molecule has 2 aromatic heterocycles. The number of benzene rings is 2. The van der Waals surface area contributed by atoms with Crippen molar-refractivity contribution in [3.05, 3.63) is 106 Å². The van der Waals surface area contributed by atoms with Gasteiger partial charge in [-0.25, -0.2) is 4.98 Å². The van der Waals surface area contributed by atoms with Gasteiger partial charge in [0.2, 0.25) is 0 Å². The third-order valence-electron chi connectivity index (χ3n) is 4.85. The number of hydrogen-bond donors (Lipinski definition) is 1. The maximum Gasteiger partial charge on any atom is 0.252 e. The molecule has 1 amide bonds. The second-order valence-corrected chi connectivity index (χ2v) is 8.91. The molecule has 0 saturated heterocycles. The lowest BCUT2D eigenvalue weighted by Crippen LogP contribution is -2.27. The van der Waals surface area contributed by atoms with Crippen molar-refractivity contribution in [1.82, 2.24) is 15.3 Å². The molecule has 1 unspecified atom stereocenters. The van der Waals surface area contributed by atoms with Crippen LogP contribution in [0.4, 0.5) is 0 Å². The molecule has 0 aliphatic rings. The van der Waals surface area contributed by atoms with Crippen LogP contribution < -0.4 is 10.1 Å². The molecule has 0 radical (unpaired) electrons. The van der Waals surface area contributed by atoms with Crippen LogP contribution in [0.2, 0.25) is 0 Å². The average Bonchev–Trinajstić information content (AvgIpc) is 3.36. The highest BCUT2D eigenvalue weighted by Gasteiger charge is 2.15. The molecular formula is C25H23N3O2S2. The molecule has 0 spiro atoms. The minimum Gasteiger partial charge on any atom is -0.489 e. The monoisotopic (exact) mass is 461 g/mol. The van der Waals surface area contributed by atoms with E-state index in [2.05, 4.69) is 15.3 Å². The summed E-state index contributed by atoms with van der Waals surface area (Å²) < 4.78 is 5.82. The van der Waals surface area contributed by atoms with Gasteiger partial charge in [0, 0.05) is 34.0 Å². The van der Waals surface area contributed by atoms with Gasteiger partial charge in [-0.05, 0) is 42.8 Å². The lowest BCUT2D eigenvalue weighted by molar-refractivity contribution is 0.0937. The Labute approximate surface area is 195 Å². The second-order valence-electron chi connectivity index (χ2n) is 7.18. The molecule has 7 heteroatoms. The average molecular weight is 462 g/mol. The topological polar surface area (TPSA) is 64.1 Å². The molecule has 0 aliphatic carbocycles. The number of nitrogens with one attached hydrogen (secondary N) is 1. The van der Waals surface area contributed by atoms with Crippen LogP contribution in [0.25, 0.3) is 0 Å². The second kappa shape index (κ2) is 10.9. The van der Waals surface area contributed by atoms with E-state index < -0.39 is 0 Å². The van der Waals surface area contributed by atoms with Crippen LogP contribution in [0.1, 0.15) is 40.1 Å². The van der Waals surface area contributed by atoms with Crippen molar-refractivity contribution in [3.63, 3.8) is 0 Å². The van der Waals surface area contributed by atoms with E-state index >= 15 is 0 Å².